The van der Waals surface area contributed by atoms with Crippen LogP contribution in [0.1, 0.15) is 57.0 Å². The smallest absolute Gasteiger partial charge is 0.415 e. The second-order valence-corrected chi connectivity index (χ2v) is 11.2. The number of carboxylic acid groups (broad SMARTS) is 1. The fourth-order valence-corrected chi connectivity index (χ4v) is 4.73. The molecule has 0 radical (unpaired) electrons. The molecular formula is C30H38N4O5. The van der Waals surface area contributed by atoms with Crippen LogP contribution >= 0.6 is 0 Å². The second kappa shape index (κ2) is 11.1. The lowest BCUT2D eigenvalue weighted by Gasteiger charge is -2.27. The number of anilines is 1. The third-order valence-electron chi connectivity index (χ3n) is 7.11. The fraction of sp³-hybridized carbons (Fsp3) is 0.433. The lowest BCUT2D eigenvalue weighted by atomic mass is 10.0. The highest BCUT2D eigenvalue weighted by molar-refractivity contribution is 5.92. The number of aromatic carboxylic acids is 1. The number of aromatic nitrogens is 2. The van der Waals surface area contributed by atoms with Gasteiger partial charge in [0, 0.05) is 42.5 Å². The van der Waals surface area contributed by atoms with Gasteiger partial charge in [0.15, 0.2) is 0 Å². The summed E-state index contributed by atoms with van der Waals surface area (Å²) < 4.78 is 13.5. The van der Waals surface area contributed by atoms with E-state index in [1.807, 2.05) is 35.9 Å². The van der Waals surface area contributed by atoms with Crippen molar-refractivity contribution in [1.82, 2.24) is 14.7 Å². The van der Waals surface area contributed by atoms with Gasteiger partial charge in [0.1, 0.15) is 17.0 Å². The maximum Gasteiger partial charge on any atom is 0.415 e. The molecule has 39 heavy (non-hydrogen) atoms. The van der Waals surface area contributed by atoms with Crippen LogP contribution in [0.5, 0.6) is 5.75 Å². The zero-order valence-corrected chi connectivity index (χ0v) is 23.6. The number of methoxy groups -OCH3 is 1. The molecule has 1 aliphatic heterocycles. The molecule has 0 spiro atoms. The van der Waals surface area contributed by atoms with Gasteiger partial charge in [0.05, 0.1) is 24.8 Å². The summed E-state index contributed by atoms with van der Waals surface area (Å²) in [7, 11) is 1.67. The van der Waals surface area contributed by atoms with E-state index >= 15 is 0 Å². The number of cyclic esters (lactones) is 1. The number of nitrogens with zero attached hydrogens (tertiary/aromatic N) is 4. The van der Waals surface area contributed by atoms with Gasteiger partial charge in [-0.05, 0) is 70.6 Å². The minimum Gasteiger partial charge on any atom is -0.496 e. The van der Waals surface area contributed by atoms with Crippen LogP contribution in [-0.4, -0.2) is 64.2 Å². The highest BCUT2D eigenvalue weighted by Crippen LogP contribution is 2.34. The first kappa shape index (κ1) is 28.2. The van der Waals surface area contributed by atoms with Crippen LogP contribution < -0.4 is 9.64 Å². The van der Waals surface area contributed by atoms with Crippen molar-refractivity contribution in [3.05, 3.63) is 65.9 Å². The number of amides is 1. The number of para-hydroxylation sites is 1. The predicted octanol–water partition coefficient (Wildman–Crippen LogP) is 5.64. The molecule has 1 aromatic heterocycles. The van der Waals surface area contributed by atoms with Crippen LogP contribution in [0.2, 0.25) is 0 Å². The Labute approximate surface area is 229 Å². The summed E-state index contributed by atoms with van der Waals surface area (Å²) in [6, 6.07) is 14.2. The van der Waals surface area contributed by atoms with Crippen LogP contribution in [0.4, 0.5) is 10.5 Å². The maximum atomic E-state index is 12.7. The van der Waals surface area contributed by atoms with Crippen LogP contribution in [0.25, 0.3) is 11.3 Å². The number of ether oxygens (including phenoxy) is 2. The van der Waals surface area contributed by atoms with Gasteiger partial charge in [-0.1, -0.05) is 19.1 Å². The van der Waals surface area contributed by atoms with E-state index in [2.05, 4.69) is 38.8 Å². The molecule has 0 saturated carbocycles. The summed E-state index contributed by atoms with van der Waals surface area (Å²) >= 11 is 0. The second-order valence-electron chi connectivity index (χ2n) is 11.2. The summed E-state index contributed by atoms with van der Waals surface area (Å²) in [6.07, 6.45) is 2.34. The van der Waals surface area contributed by atoms with Gasteiger partial charge in [-0.3, -0.25) is 14.5 Å². The van der Waals surface area contributed by atoms with Crippen molar-refractivity contribution in [1.29, 1.82) is 0 Å². The van der Waals surface area contributed by atoms with E-state index < -0.39 is 17.7 Å². The van der Waals surface area contributed by atoms with E-state index in [0.717, 1.165) is 35.7 Å². The number of carboxylic acids is 1. The van der Waals surface area contributed by atoms with Crippen LogP contribution in [0, 0.1) is 0 Å². The average Bonchev–Trinajstić information content (AvgIpc) is 3.47. The fourth-order valence-electron chi connectivity index (χ4n) is 4.73. The lowest BCUT2D eigenvalue weighted by Crippen LogP contribution is -2.36. The molecule has 9 nitrogen and oxygen atoms in total. The maximum absolute atomic E-state index is 12.7. The van der Waals surface area contributed by atoms with Crippen LogP contribution in [0.15, 0.2) is 54.7 Å². The minimum absolute atomic E-state index is 0.176. The van der Waals surface area contributed by atoms with Gasteiger partial charge in [-0.25, -0.2) is 9.59 Å². The van der Waals surface area contributed by atoms with Gasteiger partial charge in [-0.15, -0.1) is 0 Å². The van der Waals surface area contributed by atoms with Crippen molar-refractivity contribution in [2.24, 2.45) is 0 Å². The molecule has 1 saturated heterocycles. The number of carbonyl (C=O) groups is 2. The average molecular weight is 535 g/mol. The minimum atomic E-state index is -1.00. The van der Waals surface area contributed by atoms with Gasteiger partial charge in [-0.2, -0.15) is 5.10 Å². The first-order valence-electron chi connectivity index (χ1n) is 13.2. The molecule has 1 aliphatic rings. The van der Waals surface area contributed by atoms with Crippen LogP contribution in [0.3, 0.4) is 0 Å². The Morgan fingerprint density at radius 1 is 1.18 bits per heavy atom. The third-order valence-corrected chi connectivity index (χ3v) is 7.11. The Morgan fingerprint density at radius 2 is 1.87 bits per heavy atom. The van der Waals surface area contributed by atoms with Gasteiger partial charge < -0.3 is 14.6 Å². The van der Waals surface area contributed by atoms with E-state index in [1.165, 1.54) is 12.1 Å². The zero-order chi connectivity index (χ0) is 28.4. The van der Waals surface area contributed by atoms with Crippen molar-refractivity contribution in [3.8, 4) is 17.0 Å². The highest BCUT2D eigenvalue weighted by atomic mass is 16.6. The molecule has 1 fully saturated rings. The molecule has 2 heterocycles. The zero-order valence-electron chi connectivity index (χ0n) is 23.6. The standard InChI is InChI=1S/C30H38N4O5/c1-7-32(17-16-30(5)20-33(28(37)39-30)23-14-12-21(13-15-23)27(35)36)18-22-19-34(29(2,3)4)31-26(22)24-10-8-9-11-25(24)38-6/h8-15,19H,7,16-18,20H2,1-6H3,(H,35,36). The van der Waals surface area contributed by atoms with E-state index in [-0.39, 0.29) is 11.1 Å². The highest BCUT2D eigenvalue weighted by Gasteiger charge is 2.42. The number of carbonyl (C=O) groups excluding carboxylic acids is 1. The number of hydrogen-bond acceptors (Lipinski definition) is 6. The molecule has 9 heteroatoms. The molecule has 2 aromatic carbocycles. The Kier molecular flexibility index (Phi) is 8.02. The van der Waals surface area contributed by atoms with Crippen molar-refractivity contribution in [3.63, 3.8) is 0 Å². The quantitative estimate of drug-likeness (QED) is 0.360. The normalized spacial score (nSPS) is 17.5. The third kappa shape index (κ3) is 6.25. The Morgan fingerprint density at radius 3 is 2.49 bits per heavy atom. The molecule has 1 amide bonds. The molecule has 1 N–H and O–H groups in total. The Bertz CT molecular complexity index is 1330. The Hall–Kier alpha value is -3.85. The molecule has 1 unspecified atom stereocenters. The van der Waals surface area contributed by atoms with E-state index in [9.17, 15) is 9.59 Å². The van der Waals surface area contributed by atoms with Gasteiger partial charge in [0.2, 0.25) is 0 Å². The topological polar surface area (TPSA) is 97.1 Å². The van der Waals surface area contributed by atoms with Crippen molar-refractivity contribution in [2.75, 3.05) is 31.6 Å². The summed E-state index contributed by atoms with van der Waals surface area (Å²) in [5, 5.41) is 14.1. The molecule has 3 aromatic rings. The van der Waals surface area contributed by atoms with Crippen molar-refractivity contribution in [2.45, 2.75) is 58.7 Å². The van der Waals surface area contributed by atoms with Crippen molar-refractivity contribution >= 4 is 17.7 Å². The number of hydrogen-bond donors (Lipinski definition) is 1. The molecule has 4 rings (SSSR count). The molecule has 208 valence electrons. The van der Waals surface area contributed by atoms with E-state index in [0.29, 0.717) is 25.2 Å². The first-order valence-corrected chi connectivity index (χ1v) is 13.2. The van der Waals surface area contributed by atoms with Gasteiger partial charge >= 0.3 is 12.1 Å². The van der Waals surface area contributed by atoms with E-state index in [1.54, 1.807) is 24.1 Å². The summed E-state index contributed by atoms with van der Waals surface area (Å²) in [4.78, 5) is 27.8. The first-order chi connectivity index (χ1) is 18.4. The largest absolute Gasteiger partial charge is 0.496 e. The summed E-state index contributed by atoms with van der Waals surface area (Å²) in [5.74, 6) is -0.222. The molecule has 1 atom stereocenters. The molecule has 0 aliphatic carbocycles. The SMILES string of the molecule is CCN(CCC1(C)CN(c2ccc(C(=O)O)cc2)C(=O)O1)Cc1cn(C(C)(C)C)nc1-c1ccccc1OC. The molecular weight excluding hydrogens is 496 g/mol. The number of benzene rings is 2. The Balaban J connectivity index is 1.50. The lowest BCUT2D eigenvalue weighted by molar-refractivity contribution is 0.0547. The van der Waals surface area contributed by atoms with Crippen LogP contribution in [-0.2, 0) is 16.8 Å². The predicted molar refractivity (Wildman–Crippen MR) is 150 cm³/mol. The summed E-state index contributed by atoms with van der Waals surface area (Å²) in [6.45, 7) is 13.1. The summed E-state index contributed by atoms with van der Waals surface area (Å²) in [5.41, 5.74) is 2.91. The van der Waals surface area contributed by atoms with Crippen molar-refractivity contribution < 1.29 is 24.2 Å². The van der Waals surface area contributed by atoms with E-state index in [4.69, 9.17) is 19.7 Å². The van der Waals surface area contributed by atoms with Gasteiger partial charge in [0.25, 0.3) is 0 Å². The monoisotopic (exact) mass is 534 g/mol. The number of rotatable bonds is 10. The molecule has 0 bridgehead atoms.